The molecular weight excluding hydrogens is 620 g/mol. The minimum atomic E-state index is -3.91. The Kier molecular flexibility index (Phi) is 9.01. The molecule has 0 radical (unpaired) electrons. The summed E-state index contributed by atoms with van der Waals surface area (Å²) in [7, 11) is -3.91. The second-order valence-electron chi connectivity index (χ2n) is 14.3. The first-order valence-corrected chi connectivity index (χ1v) is 18.4. The molecule has 3 amide bonds. The molecule has 4 aliphatic rings. The average Bonchev–Trinajstić information content (AvgIpc) is 3.90. The molecule has 2 saturated carbocycles. The molecule has 1 saturated heterocycles. The van der Waals surface area contributed by atoms with Crippen LogP contribution in [0.4, 0.5) is 0 Å². The molecule has 3 fully saturated rings. The molecule has 6 rings (SSSR count). The van der Waals surface area contributed by atoms with E-state index in [1.54, 1.807) is 18.0 Å². The maximum atomic E-state index is 14.1. The Morgan fingerprint density at radius 3 is 2.60 bits per heavy atom. The second-order valence-corrected chi connectivity index (χ2v) is 16.5. The molecule has 1 aromatic carbocycles. The Bertz CT molecular complexity index is 1690. The lowest BCUT2D eigenvalue weighted by Gasteiger charge is -2.28. The van der Waals surface area contributed by atoms with Gasteiger partial charge in [0, 0.05) is 29.5 Å². The van der Waals surface area contributed by atoms with E-state index in [4.69, 9.17) is 9.47 Å². The summed E-state index contributed by atoms with van der Waals surface area (Å²) in [5.74, 6) is -0.205. The molecule has 6 atom stereocenters. The van der Waals surface area contributed by atoms with Crippen LogP contribution in [0.5, 0.6) is 11.6 Å². The first-order valence-electron chi connectivity index (χ1n) is 16.9. The summed E-state index contributed by atoms with van der Waals surface area (Å²) in [6.07, 6.45) is 9.34. The highest BCUT2D eigenvalue weighted by atomic mass is 32.2. The van der Waals surface area contributed by atoms with E-state index in [1.165, 1.54) is 0 Å². The van der Waals surface area contributed by atoms with Crippen LogP contribution in [0.25, 0.3) is 10.8 Å². The van der Waals surface area contributed by atoms with Crippen molar-refractivity contribution in [2.24, 2.45) is 17.8 Å². The number of ether oxygens (including phenoxy) is 2. The molecule has 12 heteroatoms. The molecule has 0 spiro atoms. The normalized spacial score (nSPS) is 31.4. The van der Waals surface area contributed by atoms with Gasteiger partial charge >= 0.3 is 0 Å². The van der Waals surface area contributed by atoms with Gasteiger partial charge in [-0.3, -0.25) is 19.1 Å². The summed E-state index contributed by atoms with van der Waals surface area (Å²) in [4.78, 5) is 47.7. The Morgan fingerprint density at radius 1 is 1.13 bits per heavy atom. The number of aromatic nitrogens is 1. The predicted octanol–water partition coefficient (Wildman–Crippen LogP) is 4.26. The second kappa shape index (κ2) is 12.7. The standard InChI is InChI=1S/C35H46N4O7S/c1-5-45-29-20-36-32(27-13-9-8-12-26(27)29)46-25-18-28-31(41)37-35(33(42)38-47(43,44)34(4)14-15-34)19-24(35)11-7-6-10-22(2)16-23(3)17-30(40)39(28)21-25/h7-9,11-13,20,22-25,28H,5-6,10,14-19,21H2,1-4H3,(H,37,41)(H,38,42)/b11-7-/t22-,23+,24+,25+,28-,35+/m0/s1. The van der Waals surface area contributed by atoms with Gasteiger partial charge < -0.3 is 19.7 Å². The van der Waals surface area contributed by atoms with E-state index in [0.717, 1.165) is 30.0 Å². The fourth-order valence-electron chi connectivity index (χ4n) is 7.08. The number of hydrogen-bond donors (Lipinski definition) is 2. The van der Waals surface area contributed by atoms with Crippen molar-refractivity contribution < 1.29 is 32.3 Å². The van der Waals surface area contributed by atoms with Crippen LogP contribution in [-0.2, 0) is 24.4 Å². The molecule has 0 bridgehead atoms. The number of nitrogens with zero attached hydrogens (tertiary/aromatic N) is 2. The number of rotatable bonds is 7. The zero-order chi connectivity index (χ0) is 33.6. The minimum Gasteiger partial charge on any atom is -0.492 e. The van der Waals surface area contributed by atoms with Gasteiger partial charge in [-0.05, 0) is 70.3 Å². The van der Waals surface area contributed by atoms with Crippen LogP contribution >= 0.6 is 0 Å². The van der Waals surface area contributed by atoms with Gasteiger partial charge in [0.1, 0.15) is 23.4 Å². The molecule has 11 nitrogen and oxygen atoms in total. The quantitative estimate of drug-likeness (QED) is 0.418. The highest BCUT2D eigenvalue weighted by Crippen LogP contribution is 2.47. The number of carbonyl (C=O) groups excluding carboxylic acids is 3. The average molecular weight is 667 g/mol. The highest BCUT2D eigenvalue weighted by molar-refractivity contribution is 7.91. The fraction of sp³-hybridized carbons (Fsp3) is 0.600. The number of hydrogen-bond acceptors (Lipinski definition) is 8. The van der Waals surface area contributed by atoms with Gasteiger partial charge in [-0.1, -0.05) is 44.2 Å². The third-order valence-corrected chi connectivity index (χ3v) is 12.5. The lowest BCUT2D eigenvalue weighted by molar-refractivity contribution is -0.140. The Balaban J connectivity index is 1.28. The topological polar surface area (TPSA) is 144 Å². The third-order valence-electron chi connectivity index (χ3n) is 10.3. The molecule has 0 unspecified atom stereocenters. The molecule has 2 N–H and O–H groups in total. The smallest absolute Gasteiger partial charge is 0.259 e. The maximum absolute atomic E-state index is 14.1. The van der Waals surface area contributed by atoms with E-state index >= 15 is 0 Å². The van der Waals surface area contributed by atoms with Gasteiger partial charge in [0.15, 0.2) is 0 Å². The van der Waals surface area contributed by atoms with E-state index in [-0.39, 0.29) is 43.6 Å². The number of amides is 3. The van der Waals surface area contributed by atoms with Crippen molar-refractivity contribution in [3.8, 4) is 11.6 Å². The van der Waals surface area contributed by atoms with Crippen molar-refractivity contribution in [3.05, 3.63) is 42.6 Å². The van der Waals surface area contributed by atoms with Crippen LogP contribution in [-0.4, -0.2) is 71.6 Å². The molecule has 2 aliphatic carbocycles. The van der Waals surface area contributed by atoms with E-state index < -0.39 is 44.3 Å². The molecule has 254 valence electrons. The number of allylic oxidation sites excluding steroid dienone is 1. The highest BCUT2D eigenvalue weighted by Gasteiger charge is 2.63. The number of sulfonamides is 1. The lowest BCUT2D eigenvalue weighted by Crippen LogP contribution is -2.57. The molecule has 2 aliphatic heterocycles. The van der Waals surface area contributed by atoms with Crippen LogP contribution < -0.4 is 19.5 Å². The summed E-state index contributed by atoms with van der Waals surface area (Å²) < 4.78 is 39.5. The van der Waals surface area contributed by atoms with Crippen molar-refractivity contribution >= 4 is 38.5 Å². The SMILES string of the molecule is CCOc1cnc(O[C@@H]2C[C@H]3C(=O)N[C@]4(C(=O)NS(=O)(=O)C5(C)CC5)C[C@H]4/C=C\CC[C@H](C)C[C@@H](C)CC(=O)N3C2)c2ccccc12. The summed E-state index contributed by atoms with van der Waals surface area (Å²) in [5.41, 5.74) is -1.41. The number of carbonyl (C=O) groups is 3. The van der Waals surface area contributed by atoms with E-state index in [2.05, 4.69) is 28.9 Å². The van der Waals surface area contributed by atoms with Gasteiger partial charge in [0.05, 0.1) is 24.1 Å². The van der Waals surface area contributed by atoms with Gasteiger partial charge in [0.2, 0.25) is 27.7 Å². The van der Waals surface area contributed by atoms with Gasteiger partial charge in [-0.2, -0.15) is 0 Å². The van der Waals surface area contributed by atoms with Crippen molar-refractivity contribution in [2.75, 3.05) is 13.2 Å². The van der Waals surface area contributed by atoms with Crippen LogP contribution in [0, 0.1) is 17.8 Å². The summed E-state index contributed by atoms with van der Waals surface area (Å²) >= 11 is 0. The monoisotopic (exact) mass is 666 g/mol. The summed E-state index contributed by atoms with van der Waals surface area (Å²) in [5, 5.41) is 4.54. The van der Waals surface area contributed by atoms with Gasteiger partial charge in [0.25, 0.3) is 5.91 Å². The molecule has 47 heavy (non-hydrogen) atoms. The van der Waals surface area contributed by atoms with Crippen molar-refractivity contribution in [3.63, 3.8) is 0 Å². The van der Waals surface area contributed by atoms with E-state index in [1.807, 2.05) is 43.3 Å². The van der Waals surface area contributed by atoms with Crippen LogP contribution in [0.3, 0.4) is 0 Å². The molecular formula is C35H46N4O7S. The van der Waals surface area contributed by atoms with E-state index in [0.29, 0.717) is 37.0 Å². The first kappa shape index (κ1) is 33.2. The van der Waals surface area contributed by atoms with Crippen molar-refractivity contribution in [1.29, 1.82) is 0 Å². The molecule has 1 aromatic heterocycles. The minimum absolute atomic E-state index is 0.117. The lowest BCUT2D eigenvalue weighted by atomic mass is 9.91. The van der Waals surface area contributed by atoms with Gasteiger partial charge in [-0.15, -0.1) is 0 Å². The number of benzene rings is 1. The number of pyridine rings is 1. The fourth-order valence-corrected chi connectivity index (χ4v) is 8.39. The molecule has 3 heterocycles. The van der Waals surface area contributed by atoms with Gasteiger partial charge in [-0.25, -0.2) is 13.4 Å². The summed E-state index contributed by atoms with van der Waals surface area (Å²) in [6, 6.07) is 6.73. The van der Waals surface area contributed by atoms with Crippen molar-refractivity contribution in [2.45, 2.75) is 101 Å². The first-order chi connectivity index (χ1) is 22.4. The third kappa shape index (κ3) is 6.71. The number of fused-ring (bicyclic) bond motifs is 3. The zero-order valence-electron chi connectivity index (χ0n) is 27.7. The van der Waals surface area contributed by atoms with Crippen LogP contribution in [0.2, 0.25) is 0 Å². The maximum Gasteiger partial charge on any atom is 0.259 e. The Labute approximate surface area is 276 Å². The van der Waals surface area contributed by atoms with Crippen LogP contribution in [0.1, 0.15) is 79.1 Å². The Morgan fingerprint density at radius 2 is 1.87 bits per heavy atom. The zero-order valence-corrected chi connectivity index (χ0v) is 28.5. The molecule has 2 aromatic rings. The summed E-state index contributed by atoms with van der Waals surface area (Å²) in [6.45, 7) is 8.42. The van der Waals surface area contributed by atoms with Crippen LogP contribution in [0.15, 0.2) is 42.6 Å². The van der Waals surface area contributed by atoms with Crippen molar-refractivity contribution in [1.82, 2.24) is 19.9 Å². The predicted molar refractivity (Wildman–Crippen MR) is 177 cm³/mol. The van der Waals surface area contributed by atoms with E-state index in [9.17, 15) is 22.8 Å². The largest absolute Gasteiger partial charge is 0.492 e. The number of nitrogens with one attached hydrogen (secondary N) is 2. The Hall–Kier alpha value is -3.67.